The first-order valence-corrected chi connectivity index (χ1v) is 10.5. The van der Waals surface area contributed by atoms with E-state index >= 15 is 0 Å². The standard InChI is InChI=1S/C21H23N5O2S/c1-10-11(2)24-20(23-10)29-16-6-5-15(28-16)17-12-9-22-26-19(12)25-13-7-21(3,4)8-14(27)18(13)17/h5-6,9,17H,7-8H2,1-4H3,(H,23,24)(H2,22,25,26). The maximum atomic E-state index is 13.1. The first-order valence-electron chi connectivity index (χ1n) is 9.68. The van der Waals surface area contributed by atoms with Crippen LogP contribution in [0.25, 0.3) is 0 Å². The fourth-order valence-corrected chi connectivity index (χ4v) is 5.05. The molecule has 0 fully saturated rings. The number of hydrogen-bond acceptors (Lipinski definition) is 6. The van der Waals surface area contributed by atoms with Crippen molar-refractivity contribution >= 4 is 23.4 Å². The molecule has 1 atom stereocenters. The molecule has 3 N–H and O–H groups in total. The lowest BCUT2D eigenvalue weighted by Crippen LogP contribution is -2.33. The number of aromatic amines is 2. The number of allylic oxidation sites excluding steroid dienone is 2. The van der Waals surface area contributed by atoms with Crippen molar-refractivity contribution in [1.82, 2.24) is 20.2 Å². The number of hydrogen-bond donors (Lipinski definition) is 3. The number of Topliss-reactive ketones (excluding diaryl/α,β-unsaturated/α-hetero) is 1. The van der Waals surface area contributed by atoms with Gasteiger partial charge in [-0.2, -0.15) is 5.10 Å². The molecule has 1 aliphatic carbocycles. The van der Waals surface area contributed by atoms with E-state index in [2.05, 4.69) is 39.3 Å². The average Bonchev–Trinajstić information content (AvgIpc) is 3.33. The van der Waals surface area contributed by atoms with Crippen LogP contribution in [-0.2, 0) is 4.79 Å². The minimum atomic E-state index is -0.252. The Balaban J connectivity index is 1.53. The van der Waals surface area contributed by atoms with E-state index in [1.807, 2.05) is 26.0 Å². The van der Waals surface area contributed by atoms with Crippen molar-refractivity contribution in [3.05, 3.63) is 52.3 Å². The molecule has 4 heterocycles. The van der Waals surface area contributed by atoms with E-state index < -0.39 is 0 Å². The van der Waals surface area contributed by atoms with Gasteiger partial charge in [0.2, 0.25) is 0 Å². The molecule has 2 aliphatic rings. The third-order valence-electron chi connectivity index (χ3n) is 5.65. The first-order chi connectivity index (χ1) is 13.8. The Bertz CT molecular complexity index is 1130. The molecule has 0 saturated heterocycles. The molecule has 0 aromatic carbocycles. The highest BCUT2D eigenvalue weighted by Crippen LogP contribution is 2.49. The Morgan fingerprint density at radius 3 is 2.83 bits per heavy atom. The lowest BCUT2D eigenvalue weighted by molar-refractivity contribution is -0.118. The molecule has 5 rings (SSSR count). The Kier molecular flexibility index (Phi) is 4.03. The van der Waals surface area contributed by atoms with Crippen LogP contribution in [-0.4, -0.2) is 25.9 Å². The van der Waals surface area contributed by atoms with Gasteiger partial charge in [-0.15, -0.1) is 0 Å². The Hall–Kier alpha value is -2.74. The van der Waals surface area contributed by atoms with E-state index in [1.165, 1.54) is 11.8 Å². The van der Waals surface area contributed by atoms with Gasteiger partial charge in [-0.3, -0.25) is 9.89 Å². The number of rotatable bonds is 3. The fraction of sp³-hybridized carbons (Fsp3) is 0.381. The van der Waals surface area contributed by atoms with Crippen LogP contribution in [0.5, 0.6) is 0 Å². The first kappa shape index (κ1) is 18.3. The molecule has 150 valence electrons. The monoisotopic (exact) mass is 409 g/mol. The molecule has 3 aromatic heterocycles. The number of fused-ring (bicyclic) bond motifs is 1. The van der Waals surface area contributed by atoms with Gasteiger partial charge in [-0.05, 0) is 49.6 Å². The van der Waals surface area contributed by atoms with Gasteiger partial charge in [0.1, 0.15) is 11.6 Å². The molecular formula is C21H23N5O2S. The zero-order valence-corrected chi connectivity index (χ0v) is 17.7. The summed E-state index contributed by atoms with van der Waals surface area (Å²) in [5, 5.41) is 12.2. The molecule has 3 aromatic rings. The molecule has 1 unspecified atom stereocenters. The number of aryl methyl sites for hydroxylation is 2. The van der Waals surface area contributed by atoms with Gasteiger partial charge in [0.15, 0.2) is 16.0 Å². The summed E-state index contributed by atoms with van der Waals surface area (Å²) < 4.78 is 6.20. The van der Waals surface area contributed by atoms with Crippen molar-refractivity contribution in [2.75, 3.05) is 5.32 Å². The predicted octanol–water partition coefficient (Wildman–Crippen LogP) is 4.69. The summed E-state index contributed by atoms with van der Waals surface area (Å²) in [7, 11) is 0. The Morgan fingerprint density at radius 1 is 1.24 bits per heavy atom. The third-order valence-corrected chi connectivity index (χ3v) is 6.46. The number of H-pyrrole nitrogens is 2. The lowest BCUT2D eigenvalue weighted by atomic mass is 9.70. The number of furan rings is 1. The molecule has 0 bridgehead atoms. The molecule has 0 radical (unpaired) electrons. The van der Waals surface area contributed by atoms with Gasteiger partial charge >= 0.3 is 0 Å². The van der Waals surface area contributed by atoms with Gasteiger partial charge in [0, 0.05) is 28.9 Å². The summed E-state index contributed by atoms with van der Waals surface area (Å²) in [6, 6.07) is 3.89. The van der Waals surface area contributed by atoms with E-state index in [9.17, 15) is 4.79 Å². The van der Waals surface area contributed by atoms with Crippen LogP contribution in [0.2, 0.25) is 0 Å². The predicted molar refractivity (Wildman–Crippen MR) is 110 cm³/mol. The molecule has 0 spiro atoms. The number of carbonyl (C=O) groups is 1. The second kappa shape index (κ2) is 6.38. The number of anilines is 1. The maximum Gasteiger partial charge on any atom is 0.173 e. The number of ketones is 1. The second-order valence-electron chi connectivity index (χ2n) is 8.60. The van der Waals surface area contributed by atoms with Crippen molar-refractivity contribution in [3.8, 4) is 0 Å². The highest BCUT2D eigenvalue weighted by atomic mass is 32.2. The number of aromatic nitrogens is 4. The minimum Gasteiger partial charge on any atom is -0.453 e. The van der Waals surface area contributed by atoms with Gasteiger partial charge < -0.3 is 14.7 Å². The molecule has 7 nitrogen and oxygen atoms in total. The summed E-state index contributed by atoms with van der Waals surface area (Å²) in [6.45, 7) is 8.23. The summed E-state index contributed by atoms with van der Waals surface area (Å²) in [5.41, 5.74) is 4.67. The average molecular weight is 410 g/mol. The summed E-state index contributed by atoms with van der Waals surface area (Å²) in [4.78, 5) is 20.9. The van der Waals surface area contributed by atoms with Gasteiger partial charge in [-0.1, -0.05) is 13.8 Å². The van der Waals surface area contributed by atoms with Crippen molar-refractivity contribution in [1.29, 1.82) is 0 Å². The second-order valence-corrected chi connectivity index (χ2v) is 9.60. The Morgan fingerprint density at radius 2 is 2.07 bits per heavy atom. The van der Waals surface area contributed by atoms with Crippen molar-refractivity contribution < 1.29 is 9.21 Å². The molecule has 0 amide bonds. The number of nitrogens with zero attached hydrogens (tertiary/aromatic N) is 2. The highest BCUT2D eigenvalue weighted by Gasteiger charge is 2.42. The molecule has 29 heavy (non-hydrogen) atoms. The minimum absolute atomic E-state index is 0.0653. The van der Waals surface area contributed by atoms with Crippen molar-refractivity contribution in [2.45, 2.75) is 56.7 Å². The zero-order chi connectivity index (χ0) is 20.3. The summed E-state index contributed by atoms with van der Waals surface area (Å²) >= 11 is 1.45. The van der Waals surface area contributed by atoms with E-state index in [0.717, 1.165) is 56.5 Å². The van der Waals surface area contributed by atoms with E-state index in [-0.39, 0.29) is 17.1 Å². The van der Waals surface area contributed by atoms with Crippen LogP contribution in [0.4, 0.5) is 5.82 Å². The van der Waals surface area contributed by atoms with Crippen molar-refractivity contribution in [2.24, 2.45) is 5.41 Å². The smallest absolute Gasteiger partial charge is 0.173 e. The van der Waals surface area contributed by atoms with E-state index in [1.54, 1.807) is 6.20 Å². The van der Waals surface area contributed by atoms with Gasteiger partial charge in [0.25, 0.3) is 0 Å². The quantitative estimate of drug-likeness (QED) is 0.580. The number of carbonyl (C=O) groups excluding carboxylic acids is 1. The summed E-state index contributed by atoms with van der Waals surface area (Å²) in [5.74, 6) is 1.50. The summed E-state index contributed by atoms with van der Waals surface area (Å²) in [6.07, 6.45) is 3.12. The van der Waals surface area contributed by atoms with Crippen LogP contribution in [0.15, 0.2) is 44.3 Å². The van der Waals surface area contributed by atoms with Crippen LogP contribution in [0, 0.1) is 19.3 Å². The highest BCUT2D eigenvalue weighted by molar-refractivity contribution is 7.99. The third kappa shape index (κ3) is 3.11. The topological polar surface area (TPSA) is 99.6 Å². The van der Waals surface area contributed by atoms with Crippen LogP contribution < -0.4 is 5.32 Å². The lowest BCUT2D eigenvalue weighted by Gasteiger charge is -2.37. The van der Waals surface area contributed by atoms with Gasteiger partial charge in [0.05, 0.1) is 17.8 Å². The maximum absolute atomic E-state index is 13.1. The van der Waals surface area contributed by atoms with E-state index in [4.69, 9.17) is 4.42 Å². The number of imidazole rings is 1. The SMILES string of the molecule is Cc1nc(Sc2ccc(C3C4=C(CC(C)(C)CC4=O)Nc4[nH]ncc43)o2)[nH]c1C. The molecule has 0 saturated carbocycles. The largest absolute Gasteiger partial charge is 0.453 e. The Labute approximate surface area is 172 Å². The van der Waals surface area contributed by atoms with Crippen molar-refractivity contribution in [3.63, 3.8) is 0 Å². The zero-order valence-electron chi connectivity index (χ0n) is 16.8. The van der Waals surface area contributed by atoms with E-state index in [0.29, 0.717) is 6.42 Å². The van der Waals surface area contributed by atoms with Crippen LogP contribution in [0.1, 0.15) is 55.3 Å². The fourth-order valence-electron chi connectivity index (χ4n) is 4.20. The molecule has 1 aliphatic heterocycles. The number of nitrogens with one attached hydrogen (secondary N) is 3. The van der Waals surface area contributed by atoms with Gasteiger partial charge in [-0.25, -0.2) is 4.98 Å². The normalized spacial score (nSPS) is 20.4. The van der Waals surface area contributed by atoms with Crippen LogP contribution in [0.3, 0.4) is 0 Å². The molecular weight excluding hydrogens is 386 g/mol. The van der Waals surface area contributed by atoms with Crippen LogP contribution >= 0.6 is 11.8 Å². The molecule has 8 heteroatoms.